The molecule has 4 heterocycles. The average Bonchev–Trinajstić information content (AvgIpc) is 2.88. The van der Waals surface area contributed by atoms with Crippen molar-refractivity contribution in [2.45, 2.75) is 26.8 Å². The Balaban J connectivity index is 1.60. The van der Waals surface area contributed by atoms with Crippen LogP contribution in [0.2, 0.25) is 5.15 Å². The molecule has 1 aliphatic rings. The Labute approximate surface area is 208 Å². The third-order valence-electron chi connectivity index (χ3n) is 6.31. The van der Waals surface area contributed by atoms with Gasteiger partial charge in [0, 0.05) is 42.2 Å². The molecule has 8 heteroatoms. The largest absolute Gasteiger partial charge is 0.455 e. The number of fused-ring (bicyclic) bond motifs is 1. The highest BCUT2D eigenvalue weighted by molar-refractivity contribution is 6.29. The van der Waals surface area contributed by atoms with E-state index in [2.05, 4.69) is 33.2 Å². The topological polar surface area (TPSA) is 80.5 Å². The summed E-state index contributed by atoms with van der Waals surface area (Å²) < 4.78 is 11.9. The van der Waals surface area contributed by atoms with Gasteiger partial charge in [0.15, 0.2) is 11.2 Å². The van der Waals surface area contributed by atoms with Gasteiger partial charge in [-0.05, 0) is 56.7 Å². The number of ether oxygens (including phenoxy) is 1. The predicted molar refractivity (Wildman–Crippen MR) is 140 cm³/mol. The van der Waals surface area contributed by atoms with Gasteiger partial charge in [0.05, 0.1) is 30.3 Å². The molecule has 0 saturated carbocycles. The summed E-state index contributed by atoms with van der Waals surface area (Å²) in [6.07, 6.45) is 3.41. The van der Waals surface area contributed by atoms with Gasteiger partial charge in [0.25, 0.3) is 0 Å². The molecule has 5 rings (SSSR count). The summed E-state index contributed by atoms with van der Waals surface area (Å²) in [6, 6.07) is 11.2. The van der Waals surface area contributed by atoms with Crippen LogP contribution in [0.5, 0.6) is 0 Å². The minimum absolute atomic E-state index is 0.0376. The maximum atomic E-state index is 13.4. The number of hydrogen-bond donors (Lipinski definition) is 1. The summed E-state index contributed by atoms with van der Waals surface area (Å²) in [5.74, 6) is 1.33. The van der Waals surface area contributed by atoms with E-state index >= 15 is 0 Å². The van der Waals surface area contributed by atoms with E-state index in [0.717, 1.165) is 41.3 Å². The molecule has 0 bridgehead atoms. The molecule has 180 valence electrons. The van der Waals surface area contributed by atoms with Crippen LogP contribution in [0, 0.1) is 13.8 Å². The number of hydrogen-bond acceptors (Lipinski definition) is 7. The van der Waals surface area contributed by atoms with Crippen LogP contribution in [0.25, 0.3) is 22.3 Å². The van der Waals surface area contributed by atoms with Crippen LogP contribution >= 0.6 is 11.6 Å². The number of nitrogens with one attached hydrogen (secondary N) is 1. The molecule has 0 unspecified atom stereocenters. The lowest BCUT2D eigenvalue weighted by molar-refractivity contribution is 0.122. The molecule has 1 aromatic carbocycles. The first kappa shape index (κ1) is 23.3. The summed E-state index contributed by atoms with van der Waals surface area (Å²) in [6.45, 7) is 8.61. The van der Waals surface area contributed by atoms with Crippen LogP contribution in [0.1, 0.15) is 29.7 Å². The zero-order valence-electron chi connectivity index (χ0n) is 20.0. The van der Waals surface area contributed by atoms with Crippen molar-refractivity contribution in [1.29, 1.82) is 0 Å². The summed E-state index contributed by atoms with van der Waals surface area (Å²) in [5.41, 5.74) is 4.62. The normalized spacial score (nSPS) is 14.8. The Bertz CT molecular complexity index is 1430. The van der Waals surface area contributed by atoms with Gasteiger partial charge in [-0.1, -0.05) is 17.7 Å². The van der Waals surface area contributed by atoms with Gasteiger partial charge in [-0.2, -0.15) is 0 Å². The van der Waals surface area contributed by atoms with Crippen molar-refractivity contribution in [3.05, 3.63) is 80.9 Å². The minimum atomic E-state index is -0.173. The number of aromatic nitrogens is 2. The fraction of sp³-hybridized carbons (Fsp3) is 0.296. The van der Waals surface area contributed by atoms with E-state index in [-0.39, 0.29) is 11.5 Å². The maximum Gasteiger partial charge on any atom is 0.196 e. The molecule has 4 aromatic rings. The molecule has 3 aromatic heterocycles. The van der Waals surface area contributed by atoms with Crippen LogP contribution in [0.4, 0.5) is 11.5 Å². The summed E-state index contributed by atoms with van der Waals surface area (Å²) >= 11 is 6.24. The lowest BCUT2D eigenvalue weighted by Gasteiger charge is -2.30. The van der Waals surface area contributed by atoms with E-state index in [9.17, 15) is 4.79 Å². The third-order valence-corrected chi connectivity index (χ3v) is 6.52. The number of nitrogens with zero attached hydrogens (tertiary/aromatic N) is 3. The van der Waals surface area contributed by atoms with Crippen molar-refractivity contribution in [2.24, 2.45) is 0 Å². The van der Waals surface area contributed by atoms with Gasteiger partial charge in [0.2, 0.25) is 0 Å². The number of morpholine rings is 1. The Kier molecular flexibility index (Phi) is 6.45. The average molecular weight is 491 g/mol. The van der Waals surface area contributed by atoms with Crippen LogP contribution < -0.4 is 15.6 Å². The van der Waals surface area contributed by atoms with Gasteiger partial charge >= 0.3 is 0 Å². The highest BCUT2D eigenvalue weighted by Crippen LogP contribution is 2.34. The molecular formula is C27H27ClN4O3. The van der Waals surface area contributed by atoms with Crippen molar-refractivity contribution in [2.75, 3.05) is 36.5 Å². The van der Waals surface area contributed by atoms with Crippen molar-refractivity contribution in [1.82, 2.24) is 9.97 Å². The predicted octanol–water partition coefficient (Wildman–Crippen LogP) is 5.53. The van der Waals surface area contributed by atoms with E-state index < -0.39 is 0 Å². The molecule has 0 amide bonds. The number of aryl methyl sites for hydroxylation is 1. The molecule has 1 atom stereocenters. The fourth-order valence-electron chi connectivity index (χ4n) is 4.53. The SMILES string of the molecule is Cc1cc([C@@H](C)Nc2ccc(Cl)nc2N2CCOCC2)c2oc(-c3cccnc3)c(C)c(=O)c2c1. The Hall–Kier alpha value is -3.42. The van der Waals surface area contributed by atoms with Crippen LogP contribution in [0.3, 0.4) is 0 Å². The molecule has 0 aliphatic carbocycles. The van der Waals surface area contributed by atoms with Crippen LogP contribution in [-0.4, -0.2) is 36.3 Å². The monoisotopic (exact) mass is 490 g/mol. The van der Waals surface area contributed by atoms with Gasteiger partial charge in [-0.3, -0.25) is 9.78 Å². The highest BCUT2D eigenvalue weighted by atomic mass is 35.5. The third kappa shape index (κ3) is 4.61. The van der Waals surface area contributed by atoms with Crippen molar-refractivity contribution >= 4 is 34.1 Å². The number of halogens is 1. The van der Waals surface area contributed by atoms with E-state index in [4.69, 9.17) is 20.8 Å². The first-order chi connectivity index (χ1) is 16.9. The molecule has 1 aliphatic heterocycles. The molecular weight excluding hydrogens is 464 g/mol. The second kappa shape index (κ2) is 9.68. The fourth-order valence-corrected chi connectivity index (χ4v) is 4.67. The Morgan fingerprint density at radius 3 is 2.69 bits per heavy atom. The molecule has 1 N–H and O–H groups in total. The van der Waals surface area contributed by atoms with Gasteiger partial charge in [-0.25, -0.2) is 4.98 Å². The summed E-state index contributed by atoms with van der Waals surface area (Å²) in [5, 5.41) is 4.59. The zero-order chi connectivity index (χ0) is 24.5. The second-order valence-electron chi connectivity index (χ2n) is 8.83. The lowest BCUT2D eigenvalue weighted by atomic mass is 9.99. The quantitative estimate of drug-likeness (QED) is 0.368. The first-order valence-electron chi connectivity index (χ1n) is 11.7. The summed E-state index contributed by atoms with van der Waals surface area (Å²) in [7, 11) is 0. The van der Waals surface area contributed by atoms with Crippen LogP contribution in [0.15, 0.2) is 58.0 Å². The van der Waals surface area contributed by atoms with E-state index in [1.54, 1.807) is 25.4 Å². The molecule has 35 heavy (non-hydrogen) atoms. The molecule has 7 nitrogen and oxygen atoms in total. The smallest absolute Gasteiger partial charge is 0.196 e. The van der Waals surface area contributed by atoms with Crippen molar-refractivity contribution in [3.63, 3.8) is 0 Å². The molecule has 0 radical (unpaired) electrons. The Morgan fingerprint density at radius 1 is 1.14 bits per heavy atom. The zero-order valence-corrected chi connectivity index (χ0v) is 20.7. The van der Waals surface area contributed by atoms with E-state index in [1.165, 1.54) is 0 Å². The first-order valence-corrected chi connectivity index (χ1v) is 12.0. The van der Waals surface area contributed by atoms with Crippen molar-refractivity contribution < 1.29 is 9.15 Å². The van der Waals surface area contributed by atoms with Gasteiger partial charge < -0.3 is 19.4 Å². The minimum Gasteiger partial charge on any atom is -0.455 e. The van der Waals surface area contributed by atoms with E-state index in [1.807, 2.05) is 31.2 Å². The highest BCUT2D eigenvalue weighted by Gasteiger charge is 2.22. The number of rotatable bonds is 5. The number of anilines is 2. The lowest BCUT2D eigenvalue weighted by Crippen LogP contribution is -2.37. The van der Waals surface area contributed by atoms with Crippen molar-refractivity contribution in [3.8, 4) is 11.3 Å². The standard InChI is InChI=1S/C27H27ClN4O3/c1-16-13-20(18(3)30-22-6-7-23(28)31-27(22)32-9-11-34-12-10-32)26-21(14-16)24(33)17(2)25(35-26)19-5-4-8-29-15-19/h4-8,13-15,18,30H,9-12H2,1-3H3/t18-/m1/s1. The summed E-state index contributed by atoms with van der Waals surface area (Å²) in [4.78, 5) is 24.3. The number of benzene rings is 1. The Morgan fingerprint density at radius 2 is 1.94 bits per heavy atom. The number of pyridine rings is 2. The van der Waals surface area contributed by atoms with Gasteiger partial charge in [-0.15, -0.1) is 0 Å². The molecule has 1 saturated heterocycles. The van der Waals surface area contributed by atoms with Gasteiger partial charge in [0.1, 0.15) is 16.5 Å². The maximum absolute atomic E-state index is 13.4. The molecule has 1 fully saturated rings. The molecule has 0 spiro atoms. The van der Waals surface area contributed by atoms with Crippen LogP contribution in [-0.2, 0) is 4.74 Å². The second-order valence-corrected chi connectivity index (χ2v) is 9.22. The van der Waals surface area contributed by atoms with E-state index in [0.29, 0.717) is 40.7 Å².